The monoisotopic (exact) mass is 376 g/mol. The SMILES string of the molecule is CC(C)NC(=O)NCC(=O)N1C[C@H](NC(=O)c2ccccc2)C[C@H]1C(=O)O. The van der Waals surface area contributed by atoms with Crippen LogP contribution in [-0.2, 0) is 9.59 Å². The van der Waals surface area contributed by atoms with Gasteiger partial charge >= 0.3 is 12.0 Å². The first kappa shape index (κ1) is 20.2. The minimum absolute atomic E-state index is 0.0713. The maximum absolute atomic E-state index is 12.4. The Morgan fingerprint density at radius 2 is 1.85 bits per heavy atom. The van der Waals surface area contributed by atoms with Gasteiger partial charge in [-0.05, 0) is 26.0 Å². The summed E-state index contributed by atoms with van der Waals surface area (Å²) in [5, 5.41) is 17.1. The minimum atomic E-state index is -1.15. The summed E-state index contributed by atoms with van der Waals surface area (Å²) in [6, 6.07) is 6.43. The third-order valence-electron chi connectivity index (χ3n) is 4.10. The highest BCUT2D eigenvalue weighted by atomic mass is 16.4. The fourth-order valence-corrected chi connectivity index (χ4v) is 2.88. The summed E-state index contributed by atoms with van der Waals surface area (Å²) in [6.07, 6.45) is 0.109. The zero-order chi connectivity index (χ0) is 20.0. The number of carboxylic acids is 1. The van der Waals surface area contributed by atoms with Crippen molar-refractivity contribution in [2.45, 2.75) is 38.4 Å². The van der Waals surface area contributed by atoms with Crippen LogP contribution in [0.3, 0.4) is 0 Å². The second kappa shape index (κ2) is 9.02. The number of aliphatic carboxylic acids is 1. The first-order chi connectivity index (χ1) is 12.8. The molecule has 4 amide bonds. The smallest absolute Gasteiger partial charge is 0.326 e. The molecule has 1 aromatic rings. The molecule has 4 N–H and O–H groups in total. The number of nitrogens with zero attached hydrogens (tertiary/aromatic N) is 1. The first-order valence-electron chi connectivity index (χ1n) is 8.70. The van der Waals surface area contributed by atoms with Crippen LogP contribution in [0, 0.1) is 0 Å². The molecule has 0 saturated carbocycles. The molecule has 2 rings (SSSR count). The van der Waals surface area contributed by atoms with E-state index in [2.05, 4.69) is 16.0 Å². The molecule has 1 aliphatic heterocycles. The number of amides is 4. The van der Waals surface area contributed by atoms with Gasteiger partial charge in [0.25, 0.3) is 5.91 Å². The van der Waals surface area contributed by atoms with Crippen LogP contribution in [0.15, 0.2) is 30.3 Å². The van der Waals surface area contributed by atoms with Crippen molar-refractivity contribution in [2.24, 2.45) is 0 Å². The standard InChI is InChI=1S/C18H24N4O5/c1-11(2)20-18(27)19-9-15(23)22-10-13(8-14(22)17(25)26)21-16(24)12-6-4-3-5-7-12/h3-7,11,13-14H,8-10H2,1-2H3,(H,21,24)(H,25,26)(H2,19,20,27)/t13-,14+/m1/s1. The molecule has 0 unspecified atom stereocenters. The number of hydrogen-bond donors (Lipinski definition) is 4. The van der Waals surface area contributed by atoms with Gasteiger partial charge in [-0.25, -0.2) is 9.59 Å². The van der Waals surface area contributed by atoms with Gasteiger partial charge in [0.05, 0.1) is 6.54 Å². The van der Waals surface area contributed by atoms with Gasteiger partial charge in [0.1, 0.15) is 6.04 Å². The van der Waals surface area contributed by atoms with Crippen molar-refractivity contribution in [3.8, 4) is 0 Å². The van der Waals surface area contributed by atoms with E-state index in [-0.39, 0.29) is 31.5 Å². The lowest BCUT2D eigenvalue weighted by molar-refractivity contribution is -0.147. The number of urea groups is 1. The number of carbonyl (C=O) groups excluding carboxylic acids is 3. The average Bonchev–Trinajstić information content (AvgIpc) is 3.04. The fraction of sp³-hybridized carbons (Fsp3) is 0.444. The van der Waals surface area contributed by atoms with Crippen molar-refractivity contribution in [2.75, 3.05) is 13.1 Å². The van der Waals surface area contributed by atoms with Crippen molar-refractivity contribution < 1.29 is 24.3 Å². The molecule has 1 aliphatic rings. The normalized spacial score (nSPS) is 18.9. The lowest BCUT2D eigenvalue weighted by Gasteiger charge is -2.21. The molecule has 2 atom stereocenters. The molecule has 0 bridgehead atoms. The van der Waals surface area contributed by atoms with Crippen molar-refractivity contribution in [3.05, 3.63) is 35.9 Å². The molecule has 0 spiro atoms. The number of benzene rings is 1. The Labute approximate surface area is 157 Å². The third kappa shape index (κ3) is 5.70. The summed E-state index contributed by atoms with van der Waals surface area (Å²) in [5.74, 6) is -1.99. The highest BCUT2D eigenvalue weighted by molar-refractivity contribution is 5.94. The number of likely N-dealkylation sites (tertiary alicyclic amines) is 1. The lowest BCUT2D eigenvalue weighted by Crippen LogP contribution is -2.48. The number of carboxylic acid groups (broad SMARTS) is 1. The third-order valence-corrected chi connectivity index (χ3v) is 4.10. The van der Waals surface area contributed by atoms with Crippen LogP contribution in [0.5, 0.6) is 0 Å². The summed E-state index contributed by atoms with van der Waals surface area (Å²) < 4.78 is 0. The Hall–Kier alpha value is -3.10. The van der Waals surface area contributed by atoms with Crippen LogP contribution in [-0.4, -0.2) is 65.0 Å². The van der Waals surface area contributed by atoms with E-state index < -0.39 is 30.0 Å². The van der Waals surface area contributed by atoms with Crippen LogP contribution in [0.25, 0.3) is 0 Å². The predicted octanol–water partition coefficient (Wildman–Crippen LogP) is 0.178. The zero-order valence-electron chi connectivity index (χ0n) is 15.3. The minimum Gasteiger partial charge on any atom is -0.480 e. The number of rotatable bonds is 6. The van der Waals surface area contributed by atoms with Crippen molar-refractivity contribution in [1.29, 1.82) is 0 Å². The van der Waals surface area contributed by atoms with Gasteiger partial charge in [-0.3, -0.25) is 9.59 Å². The number of carbonyl (C=O) groups is 4. The maximum atomic E-state index is 12.4. The van der Waals surface area contributed by atoms with Gasteiger partial charge in [-0.2, -0.15) is 0 Å². The molecular weight excluding hydrogens is 352 g/mol. The quantitative estimate of drug-likeness (QED) is 0.563. The summed E-state index contributed by atoms with van der Waals surface area (Å²) in [5.41, 5.74) is 0.459. The van der Waals surface area contributed by atoms with E-state index >= 15 is 0 Å². The van der Waals surface area contributed by atoms with Gasteiger partial charge in [0, 0.05) is 30.6 Å². The molecule has 1 saturated heterocycles. The predicted molar refractivity (Wildman–Crippen MR) is 97.1 cm³/mol. The molecule has 0 radical (unpaired) electrons. The van der Waals surface area contributed by atoms with Gasteiger partial charge in [0.2, 0.25) is 5.91 Å². The topological polar surface area (TPSA) is 128 Å². The highest BCUT2D eigenvalue weighted by Gasteiger charge is 2.40. The summed E-state index contributed by atoms with van der Waals surface area (Å²) in [4.78, 5) is 48.9. The Morgan fingerprint density at radius 3 is 2.44 bits per heavy atom. The van der Waals surface area contributed by atoms with Crippen LogP contribution >= 0.6 is 0 Å². The summed E-state index contributed by atoms with van der Waals surface area (Å²) >= 11 is 0. The lowest BCUT2D eigenvalue weighted by atomic mass is 10.1. The van der Waals surface area contributed by atoms with E-state index in [0.29, 0.717) is 5.56 Å². The average molecular weight is 376 g/mol. The molecule has 27 heavy (non-hydrogen) atoms. The molecule has 0 aliphatic carbocycles. The van der Waals surface area contributed by atoms with Crippen LogP contribution in [0.2, 0.25) is 0 Å². The molecule has 9 heteroatoms. The van der Waals surface area contributed by atoms with Gasteiger partial charge in [-0.15, -0.1) is 0 Å². The summed E-state index contributed by atoms with van der Waals surface area (Å²) in [6.45, 7) is 3.31. The zero-order valence-corrected chi connectivity index (χ0v) is 15.3. The van der Waals surface area contributed by atoms with Crippen LogP contribution < -0.4 is 16.0 Å². The first-order valence-corrected chi connectivity index (χ1v) is 8.70. The molecule has 0 aromatic heterocycles. The highest BCUT2D eigenvalue weighted by Crippen LogP contribution is 2.19. The molecule has 1 aromatic carbocycles. The largest absolute Gasteiger partial charge is 0.480 e. The van der Waals surface area contributed by atoms with Gasteiger partial charge < -0.3 is 26.0 Å². The number of nitrogens with one attached hydrogen (secondary N) is 3. The molecular formula is C18H24N4O5. The Bertz CT molecular complexity index is 707. The molecule has 1 heterocycles. The van der Waals surface area contributed by atoms with Crippen molar-refractivity contribution >= 4 is 23.8 Å². The van der Waals surface area contributed by atoms with E-state index in [1.165, 1.54) is 4.90 Å². The Morgan fingerprint density at radius 1 is 1.19 bits per heavy atom. The second-order valence-corrected chi connectivity index (χ2v) is 6.65. The van der Waals surface area contributed by atoms with Gasteiger partial charge in [-0.1, -0.05) is 18.2 Å². The van der Waals surface area contributed by atoms with Gasteiger partial charge in [0.15, 0.2) is 0 Å². The van der Waals surface area contributed by atoms with E-state index in [4.69, 9.17) is 0 Å². The Balaban J connectivity index is 1.95. The van der Waals surface area contributed by atoms with E-state index in [0.717, 1.165) is 0 Å². The maximum Gasteiger partial charge on any atom is 0.326 e. The van der Waals surface area contributed by atoms with Crippen molar-refractivity contribution in [3.63, 3.8) is 0 Å². The van der Waals surface area contributed by atoms with Crippen LogP contribution in [0.4, 0.5) is 4.79 Å². The molecule has 1 fully saturated rings. The fourth-order valence-electron chi connectivity index (χ4n) is 2.88. The summed E-state index contributed by atoms with van der Waals surface area (Å²) in [7, 11) is 0. The van der Waals surface area contributed by atoms with E-state index in [1.807, 2.05) is 0 Å². The second-order valence-electron chi connectivity index (χ2n) is 6.65. The molecule has 146 valence electrons. The Kier molecular flexibility index (Phi) is 6.75. The number of hydrogen-bond acceptors (Lipinski definition) is 4. The van der Waals surface area contributed by atoms with E-state index in [9.17, 15) is 24.3 Å². The van der Waals surface area contributed by atoms with Crippen molar-refractivity contribution in [1.82, 2.24) is 20.9 Å². The van der Waals surface area contributed by atoms with Crippen LogP contribution in [0.1, 0.15) is 30.6 Å². The molecule has 9 nitrogen and oxygen atoms in total. The van der Waals surface area contributed by atoms with E-state index in [1.54, 1.807) is 44.2 Å².